The lowest BCUT2D eigenvalue weighted by atomic mass is 10.1. The highest BCUT2D eigenvalue weighted by Gasteiger charge is 2.37. The number of hydrogen-bond donors (Lipinski definition) is 1. The summed E-state index contributed by atoms with van der Waals surface area (Å²) >= 11 is 0. The molecule has 0 atom stereocenters. The van der Waals surface area contributed by atoms with Gasteiger partial charge in [0.25, 0.3) is 11.8 Å². The molecule has 0 bridgehead atoms. The predicted molar refractivity (Wildman–Crippen MR) is 81.5 cm³/mol. The molecule has 106 valence electrons. The lowest BCUT2D eigenvalue weighted by molar-refractivity contribution is 0.0926. The highest BCUT2D eigenvalue weighted by Crippen LogP contribution is 2.31. The third-order valence-electron chi connectivity index (χ3n) is 3.64. The molecule has 4 heteroatoms. The molecule has 4 nitrogen and oxygen atoms in total. The molecule has 0 radical (unpaired) electrons. The van der Waals surface area contributed by atoms with Gasteiger partial charge in [0.1, 0.15) is 0 Å². The van der Waals surface area contributed by atoms with Crippen LogP contribution in [-0.2, 0) is 6.54 Å². The molecule has 0 saturated heterocycles. The summed E-state index contributed by atoms with van der Waals surface area (Å²) in [6.45, 7) is 2.51. The largest absolute Gasteiger partial charge is 0.316 e. The van der Waals surface area contributed by atoms with E-state index in [9.17, 15) is 9.59 Å². The number of rotatable bonds is 3. The number of benzene rings is 2. The van der Waals surface area contributed by atoms with E-state index in [4.69, 9.17) is 0 Å². The van der Waals surface area contributed by atoms with Crippen LogP contribution in [0.15, 0.2) is 42.5 Å². The van der Waals surface area contributed by atoms with Crippen LogP contribution in [0.2, 0.25) is 0 Å². The minimum absolute atomic E-state index is 0.248. The van der Waals surface area contributed by atoms with Crippen LogP contribution in [0, 0.1) is 6.92 Å². The molecule has 0 aromatic heterocycles. The number of anilines is 1. The fourth-order valence-electron chi connectivity index (χ4n) is 2.64. The molecule has 2 aromatic rings. The molecule has 0 fully saturated rings. The van der Waals surface area contributed by atoms with Gasteiger partial charge in [0.15, 0.2) is 0 Å². The first-order valence-electron chi connectivity index (χ1n) is 6.85. The minimum Gasteiger partial charge on any atom is -0.316 e. The Hall–Kier alpha value is -2.46. The Balaban J connectivity index is 2.10. The SMILES string of the molecule is CNCc1ccccc1N1C(=O)c2ccc(C)cc2C1=O. The smallest absolute Gasteiger partial charge is 0.266 e. The van der Waals surface area contributed by atoms with E-state index in [0.717, 1.165) is 11.1 Å². The number of aryl methyl sites for hydroxylation is 1. The lowest BCUT2D eigenvalue weighted by Gasteiger charge is -2.18. The molecule has 1 aliphatic heterocycles. The fraction of sp³-hybridized carbons (Fsp3) is 0.176. The molecule has 2 aromatic carbocycles. The van der Waals surface area contributed by atoms with Crippen molar-refractivity contribution < 1.29 is 9.59 Å². The summed E-state index contributed by atoms with van der Waals surface area (Å²) in [5, 5.41) is 3.06. The Kier molecular flexibility index (Phi) is 3.31. The van der Waals surface area contributed by atoms with E-state index >= 15 is 0 Å². The van der Waals surface area contributed by atoms with Gasteiger partial charge in [-0.25, -0.2) is 4.90 Å². The Morgan fingerprint density at radius 1 is 1.00 bits per heavy atom. The first kappa shape index (κ1) is 13.5. The number of carbonyl (C=O) groups is 2. The van der Waals surface area contributed by atoms with Gasteiger partial charge in [-0.3, -0.25) is 9.59 Å². The van der Waals surface area contributed by atoms with Crippen LogP contribution in [0.1, 0.15) is 31.8 Å². The standard InChI is InChI=1S/C17H16N2O2/c1-11-7-8-13-14(9-11)17(21)19(16(13)20)15-6-4-3-5-12(15)10-18-2/h3-9,18H,10H2,1-2H3. The number of fused-ring (bicyclic) bond motifs is 1. The average Bonchev–Trinajstić information content (AvgIpc) is 2.72. The third kappa shape index (κ3) is 2.14. The monoisotopic (exact) mass is 280 g/mol. The first-order chi connectivity index (χ1) is 10.1. The molecule has 21 heavy (non-hydrogen) atoms. The molecule has 3 rings (SSSR count). The van der Waals surface area contributed by atoms with E-state index in [1.54, 1.807) is 18.2 Å². The van der Waals surface area contributed by atoms with Gasteiger partial charge in [-0.1, -0.05) is 29.8 Å². The summed E-state index contributed by atoms with van der Waals surface area (Å²) in [5.74, 6) is -0.499. The molecule has 1 N–H and O–H groups in total. The van der Waals surface area contributed by atoms with Gasteiger partial charge in [-0.15, -0.1) is 0 Å². The molecule has 0 saturated carbocycles. The molecule has 0 spiro atoms. The number of para-hydroxylation sites is 1. The fourth-order valence-corrected chi connectivity index (χ4v) is 2.64. The lowest BCUT2D eigenvalue weighted by Crippen LogP contribution is -2.30. The van der Waals surface area contributed by atoms with E-state index in [0.29, 0.717) is 23.4 Å². The van der Waals surface area contributed by atoms with Crippen molar-refractivity contribution in [3.8, 4) is 0 Å². The summed E-state index contributed by atoms with van der Waals surface area (Å²) in [5.41, 5.74) is 3.51. The van der Waals surface area contributed by atoms with Crippen LogP contribution in [-0.4, -0.2) is 18.9 Å². The number of nitrogens with one attached hydrogen (secondary N) is 1. The average molecular weight is 280 g/mol. The second-order valence-corrected chi connectivity index (χ2v) is 5.15. The van der Waals surface area contributed by atoms with Gasteiger partial charge in [-0.05, 0) is 37.7 Å². The quantitative estimate of drug-likeness (QED) is 0.879. The van der Waals surface area contributed by atoms with Gasteiger partial charge in [-0.2, -0.15) is 0 Å². The summed E-state index contributed by atoms with van der Waals surface area (Å²) < 4.78 is 0. The Morgan fingerprint density at radius 2 is 1.71 bits per heavy atom. The second-order valence-electron chi connectivity index (χ2n) is 5.15. The van der Waals surface area contributed by atoms with Gasteiger partial charge >= 0.3 is 0 Å². The zero-order chi connectivity index (χ0) is 15.0. The molecule has 0 unspecified atom stereocenters. The van der Waals surface area contributed by atoms with Crippen molar-refractivity contribution in [2.75, 3.05) is 11.9 Å². The third-order valence-corrected chi connectivity index (χ3v) is 3.64. The van der Waals surface area contributed by atoms with Crippen molar-refractivity contribution in [3.05, 3.63) is 64.7 Å². The van der Waals surface area contributed by atoms with Gasteiger partial charge in [0.05, 0.1) is 16.8 Å². The number of nitrogens with zero attached hydrogens (tertiary/aromatic N) is 1. The zero-order valence-electron chi connectivity index (χ0n) is 12.0. The number of amides is 2. The molecular formula is C17H16N2O2. The maximum absolute atomic E-state index is 12.6. The molecule has 2 amide bonds. The minimum atomic E-state index is -0.251. The maximum Gasteiger partial charge on any atom is 0.266 e. The predicted octanol–water partition coefficient (Wildman–Crippen LogP) is 2.52. The number of hydrogen-bond acceptors (Lipinski definition) is 3. The van der Waals surface area contributed by atoms with Gasteiger partial charge in [0.2, 0.25) is 0 Å². The highest BCUT2D eigenvalue weighted by molar-refractivity contribution is 6.34. The van der Waals surface area contributed by atoms with Crippen molar-refractivity contribution in [2.24, 2.45) is 0 Å². The molecule has 0 aliphatic carbocycles. The zero-order valence-corrected chi connectivity index (χ0v) is 12.0. The van der Waals surface area contributed by atoms with Crippen LogP contribution in [0.25, 0.3) is 0 Å². The van der Waals surface area contributed by atoms with Crippen molar-refractivity contribution in [1.29, 1.82) is 0 Å². The van der Waals surface area contributed by atoms with E-state index in [1.165, 1.54) is 4.90 Å². The van der Waals surface area contributed by atoms with Crippen molar-refractivity contribution in [3.63, 3.8) is 0 Å². The second kappa shape index (κ2) is 5.14. The molecule has 1 aliphatic rings. The van der Waals surface area contributed by atoms with Gasteiger partial charge < -0.3 is 5.32 Å². The highest BCUT2D eigenvalue weighted by atomic mass is 16.2. The Bertz CT molecular complexity index is 737. The summed E-state index contributed by atoms with van der Waals surface area (Å²) in [6.07, 6.45) is 0. The van der Waals surface area contributed by atoms with Crippen LogP contribution in [0.4, 0.5) is 5.69 Å². The van der Waals surface area contributed by atoms with E-state index < -0.39 is 0 Å². The number of imide groups is 1. The van der Waals surface area contributed by atoms with Crippen LogP contribution < -0.4 is 10.2 Å². The van der Waals surface area contributed by atoms with E-state index in [1.807, 2.05) is 38.2 Å². The Morgan fingerprint density at radius 3 is 2.48 bits per heavy atom. The molecular weight excluding hydrogens is 264 g/mol. The van der Waals surface area contributed by atoms with Crippen LogP contribution in [0.3, 0.4) is 0 Å². The van der Waals surface area contributed by atoms with Gasteiger partial charge in [0, 0.05) is 6.54 Å². The van der Waals surface area contributed by atoms with Crippen LogP contribution in [0.5, 0.6) is 0 Å². The summed E-state index contributed by atoms with van der Waals surface area (Å²) in [7, 11) is 1.84. The number of carbonyl (C=O) groups excluding carboxylic acids is 2. The van der Waals surface area contributed by atoms with Crippen molar-refractivity contribution in [1.82, 2.24) is 5.32 Å². The van der Waals surface area contributed by atoms with E-state index in [2.05, 4.69) is 5.32 Å². The maximum atomic E-state index is 12.6. The normalized spacial score (nSPS) is 13.7. The van der Waals surface area contributed by atoms with E-state index in [-0.39, 0.29) is 11.8 Å². The first-order valence-corrected chi connectivity index (χ1v) is 6.85. The van der Waals surface area contributed by atoms with Crippen molar-refractivity contribution in [2.45, 2.75) is 13.5 Å². The Labute approximate surface area is 123 Å². The topological polar surface area (TPSA) is 49.4 Å². The summed E-state index contributed by atoms with van der Waals surface area (Å²) in [6, 6.07) is 12.8. The summed E-state index contributed by atoms with van der Waals surface area (Å²) in [4.78, 5) is 26.4. The molecule has 1 heterocycles. The van der Waals surface area contributed by atoms with Crippen LogP contribution >= 0.6 is 0 Å². The van der Waals surface area contributed by atoms with Crippen molar-refractivity contribution >= 4 is 17.5 Å².